The molecule has 176 valence electrons. The molecule has 3 rings (SSSR count). The Kier molecular flexibility index (Phi) is 12.1. The molecule has 0 bridgehead atoms. The van der Waals surface area contributed by atoms with Gasteiger partial charge in [-0.1, -0.05) is 29.8 Å². The van der Waals surface area contributed by atoms with Gasteiger partial charge < -0.3 is 20.1 Å². The highest BCUT2D eigenvalue weighted by Gasteiger charge is 2.23. The lowest BCUT2D eigenvalue weighted by atomic mass is 10.0. The van der Waals surface area contributed by atoms with Gasteiger partial charge in [-0.05, 0) is 26.3 Å². The van der Waals surface area contributed by atoms with E-state index in [-0.39, 0.29) is 24.0 Å². The van der Waals surface area contributed by atoms with Gasteiger partial charge in [0.25, 0.3) is 0 Å². The summed E-state index contributed by atoms with van der Waals surface area (Å²) in [7, 11) is 0. The molecule has 0 amide bonds. The maximum Gasteiger partial charge on any atom is 0.191 e. The minimum absolute atomic E-state index is 0. The van der Waals surface area contributed by atoms with Crippen LogP contribution >= 0.6 is 24.0 Å². The van der Waals surface area contributed by atoms with E-state index in [4.69, 9.17) is 14.5 Å². The third-order valence-corrected chi connectivity index (χ3v) is 5.94. The third kappa shape index (κ3) is 8.49. The van der Waals surface area contributed by atoms with Crippen molar-refractivity contribution in [1.29, 1.82) is 0 Å². The Morgan fingerprint density at radius 2 is 1.55 bits per heavy atom. The molecule has 7 nitrogen and oxygen atoms in total. The topological polar surface area (TPSA) is 61.4 Å². The van der Waals surface area contributed by atoms with E-state index in [0.717, 1.165) is 78.2 Å². The van der Waals surface area contributed by atoms with Gasteiger partial charge in [0.1, 0.15) is 0 Å². The van der Waals surface area contributed by atoms with Crippen molar-refractivity contribution in [3.05, 3.63) is 35.4 Å². The number of ether oxygens (including phenoxy) is 2. The first-order chi connectivity index (χ1) is 14.7. The fourth-order valence-electron chi connectivity index (χ4n) is 4.03. The second-order valence-electron chi connectivity index (χ2n) is 8.17. The minimum Gasteiger partial charge on any atom is -0.379 e. The van der Waals surface area contributed by atoms with E-state index in [1.165, 1.54) is 11.1 Å². The van der Waals surface area contributed by atoms with Crippen molar-refractivity contribution < 1.29 is 9.47 Å². The monoisotopic (exact) mass is 545 g/mol. The van der Waals surface area contributed by atoms with Crippen molar-refractivity contribution in [3.63, 3.8) is 0 Å². The number of guanidine groups is 1. The first kappa shape index (κ1) is 26.3. The zero-order valence-electron chi connectivity index (χ0n) is 19.3. The van der Waals surface area contributed by atoms with Crippen LogP contribution in [0, 0.1) is 6.92 Å². The van der Waals surface area contributed by atoms with Crippen molar-refractivity contribution >= 4 is 29.9 Å². The summed E-state index contributed by atoms with van der Waals surface area (Å²) < 4.78 is 11.1. The van der Waals surface area contributed by atoms with Gasteiger partial charge in [-0.25, -0.2) is 0 Å². The Hall–Kier alpha value is -0.940. The van der Waals surface area contributed by atoms with Crippen LogP contribution < -0.4 is 10.6 Å². The summed E-state index contributed by atoms with van der Waals surface area (Å²) in [6.45, 7) is 16.1. The van der Waals surface area contributed by atoms with E-state index in [2.05, 4.69) is 65.5 Å². The highest BCUT2D eigenvalue weighted by atomic mass is 127. The van der Waals surface area contributed by atoms with E-state index in [1.54, 1.807) is 0 Å². The summed E-state index contributed by atoms with van der Waals surface area (Å²) in [5.74, 6) is 0.892. The maximum atomic E-state index is 5.58. The van der Waals surface area contributed by atoms with Gasteiger partial charge in [-0.15, -0.1) is 24.0 Å². The summed E-state index contributed by atoms with van der Waals surface area (Å²) in [4.78, 5) is 9.85. The number of nitrogens with one attached hydrogen (secondary N) is 2. The quantitative estimate of drug-likeness (QED) is 0.297. The molecule has 2 unspecified atom stereocenters. The fraction of sp³-hybridized carbons (Fsp3) is 0.696. The van der Waals surface area contributed by atoms with Crippen LogP contribution in [-0.4, -0.2) is 94.0 Å². The van der Waals surface area contributed by atoms with Gasteiger partial charge >= 0.3 is 0 Å². The maximum absolute atomic E-state index is 5.58. The number of halogens is 1. The van der Waals surface area contributed by atoms with Crippen LogP contribution in [0.25, 0.3) is 0 Å². The van der Waals surface area contributed by atoms with Crippen LogP contribution in [-0.2, 0) is 9.47 Å². The molecule has 2 fully saturated rings. The molecule has 2 aliphatic rings. The van der Waals surface area contributed by atoms with Crippen LogP contribution in [0.15, 0.2) is 29.3 Å². The molecule has 2 aliphatic heterocycles. The third-order valence-electron chi connectivity index (χ3n) is 5.94. The molecule has 1 aromatic rings. The first-order valence-corrected chi connectivity index (χ1v) is 11.4. The molecule has 0 radical (unpaired) electrons. The zero-order chi connectivity index (χ0) is 21.2. The Morgan fingerprint density at radius 1 is 0.968 bits per heavy atom. The Morgan fingerprint density at radius 3 is 2.13 bits per heavy atom. The van der Waals surface area contributed by atoms with E-state index in [1.807, 2.05) is 0 Å². The van der Waals surface area contributed by atoms with E-state index < -0.39 is 0 Å². The minimum atomic E-state index is 0. The molecule has 0 saturated carbocycles. The van der Waals surface area contributed by atoms with Gasteiger partial charge in [0.05, 0.1) is 39.0 Å². The lowest BCUT2D eigenvalue weighted by Crippen LogP contribution is -2.47. The second kappa shape index (κ2) is 14.3. The van der Waals surface area contributed by atoms with Crippen LogP contribution in [0.4, 0.5) is 0 Å². The SMILES string of the molecule is CCNC(=NCC(C)N1CCOCC1)NCC(c1ccc(C)cc1)N1CCOCC1.I. The normalized spacial score (nSPS) is 20.5. The average Bonchev–Trinajstić information content (AvgIpc) is 2.79. The number of benzene rings is 1. The zero-order valence-corrected chi connectivity index (χ0v) is 21.6. The van der Waals surface area contributed by atoms with E-state index in [9.17, 15) is 0 Å². The highest BCUT2D eigenvalue weighted by molar-refractivity contribution is 14.0. The van der Waals surface area contributed by atoms with E-state index in [0.29, 0.717) is 12.1 Å². The molecule has 2 N–H and O–H groups in total. The highest BCUT2D eigenvalue weighted by Crippen LogP contribution is 2.21. The molecule has 31 heavy (non-hydrogen) atoms. The molecular weight excluding hydrogens is 505 g/mol. The molecule has 0 spiro atoms. The van der Waals surface area contributed by atoms with Gasteiger partial charge in [-0.3, -0.25) is 14.8 Å². The standard InChI is InChI=1S/C23H39N5O2.HI/c1-4-24-23(25-17-20(3)27-9-13-29-14-10-27)26-18-22(28-11-15-30-16-12-28)21-7-5-19(2)6-8-21;/h5-8,20,22H,4,9-18H2,1-3H3,(H2,24,25,26);1H. The lowest BCUT2D eigenvalue weighted by molar-refractivity contribution is 0.0169. The number of hydrogen-bond donors (Lipinski definition) is 2. The van der Waals surface area contributed by atoms with Gasteiger partial charge in [0.2, 0.25) is 0 Å². The summed E-state index contributed by atoms with van der Waals surface area (Å²) in [6.07, 6.45) is 0. The molecule has 0 aliphatic carbocycles. The van der Waals surface area contributed by atoms with E-state index >= 15 is 0 Å². The van der Waals surface area contributed by atoms with Crippen LogP contribution in [0.5, 0.6) is 0 Å². The largest absolute Gasteiger partial charge is 0.379 e. The summed E-state index contributed by atoms with van der Waals surface area (Å²) in [6, 6.07) is 9.62. The second-order valence-corrected chi connectivity index (χ2v) is 8.17. The Bertz CT molecular complexity index is 646. The Balaban J connectivity index is 0.00000341. The lowest BCUT2D eigenvalue weighted by Gasteiger charge is -2.35. The molecule has 2 heterocycles. The number of aliphatic imine (C=N–C) groups is 1. The van der Waals surface area contributed by atoms with Crippen LogP contribution in [0.2, 0.25) is 0 Å². The smallest absolute Gasteiger partial charge is 0.191 e. The van der Waals surface area contributed by atoms with Crippen LogP contribution in [0.3, 0.4) is 0 Å². The van der Waals surface area contributed by atoms with Gasteiger partial charge in [0.15, 0.2) is 5.96 Å². The fourth-order valence-corrected chi connectivity index (χ4v) is 4.03. The number of nitrogens with zero attached hydrogens (tertiary/aromatic N) is 3. The van der Waals surface area contributed by atoms with Gasteiger partial charge in [0, 0.05) is 45.3 Å². The molecule has 2 atom stereocenters. The number of morpholine rings is 2. The predicted molar refractivity (Wildman–Crippen MR) is 138 cm³/mol. The van der Waals surface area contributed by atoms with Gasteiger partial charge in [-0.2, -0.15) is 0 Å². The summed E-state index contributed by atoms with van der Waals surface area (Å²) in [5.41, 5.74) is 2.63. The number of aryl methyl sites for hydroxylation is 1. The predicted octanol–water partition coefficient (Wildman–Crippen LogP) is 2.26. The molecular formula is C23H40IN5O2. The van der Waals surface area contributed by atoms with Crippen molar-refractivity contribution in [2.75, 3.05) is 72.2 Å². The Labute approximate surface area is 205 Å². The summed E-state index contributed by atoms with van der Waals surface area (Å²) in [5, 5.41) is 7.01. The molecule has 0 aromatic heterocycles. The average molecular weight is 546 g/mol. The van der Waals surface area contributed by atoms with Crippen molar-refractivity contribution in [2.24, 2.45) is 4.99 Å². The van der Waals surface area contributed by atoms with Crippen LogP contribution in [0.1, 0.15) is 31.0 Å². The molecule has 1 aromatic carbocycles. The molecule has 2 saturated heterocycles. The number of rotatable bonds is 8. The summed E-state index contributed by atoms with van der Waals surface area (Å²) >= 11 is 0. The first-order valence-electron chi connectivity index (χ1n) is 11.4. The number of hydrogen-bond acceptors (Lipinski definition) is 5. The van der Waals surface area contributed by atoms with Crippen molar-refractivity contribution in [3.8, 4) is 0 Å². The molecule has 8 heteroatoms. The van der Waals surface area contributed by atoms with Crippen molar-refractivity contribution in [1.82, 2.24) is 20.4 Å². The van der Waals surface area contributed by atoms with Crippen molar-refractivity contribution in [2.45, 2.75) is 32.9 Å².